The quantitative estimate of drug-likeness (QED) is 0.778. The smallest absolute Gasteiger partial charge is 0.410 e. The molecule has 0 radical (unpaired) electrons. The topological polar surface area (TPSA) is 45.3 Å². The third-order valence-corrected chi connectivity index (χ3v) is 4.54. The Labute approximate surface area is 145 Å². The number of ether oxygens (including phenoxy) is 1. The lowest BCUT2D eigenvalue weighted by Crippen LogP contribution is -2.42. The lowest BCUT2D eigenvalue weighted by molar-refractivity contribution is 0.0197. The van der Waals surface area contributed by atoms with Crippen LogP contribution in [0.5, 0.6) is 0 Å². The van der Waals surface area contributed by atoms with Crippen LogP contribution in [-0.4, -0.2) is 34.7 Å². The van der Waals surface area contributed by atoms with Crippen molar-refractivity contribution in [2.75, 3.05) is 13.1 Å². The highest BCUT2D eigenvalue weighted by atomic mass is 35.5. The number of carbonyl (C=O) groups excluding carboxylic acids is 1. The van der Waals surface area contributed by atoms with E-state index in [2.05, 4.69) is 4.98 Å². The van der Waals surface area contributed by atoms with Gasteiger partial charge in [-0.15, -0.1) is 0 Å². The number of aromatic amines is 1. The second-order valence-corrected chi connectivity index (χ2v) is 7.72. The van der Waals surface area contributed by atoms with Gasteiger partial charge >= 0.3 is 6.09 Å². The van der Waals surface area contributed by atoms with Gasteiger partial charge in [-0.25, -0.2) is 9.18 Å². The maximum atomic E-state index is 14.0. The number of H-pyrrole nitrogens is 1. The van der Waals surface area contributed by atoms with E-state index in [-0.39, 0.29) is 17.8 Å². The Hall–Kier alpha value is -1.75. The summed E-state index contributed by atoms with van der Waals surface area (Å²) in [5.74, 6) is -0.175. The maximum absolute atomic E-state index is 14.0. The van der Waals surface area contributed by atoms with Crippen molar-refractivity contribution >= 4 is 28.6 Å². The first-order chi connectivity index (χ1) is 11.2. The lowest BCUT2D eigenvalue weighted by Gasteiger charge is -2.33. The number of halogens is 2. The molecule has 0 aliphatic carbocycles. The molecule has 24 heavy (non-hydrogen) atoms. The van der Waals surface area contributed by atoms with E-state index in [1.807, 2.05) is 20.8 Å². The van der Waals surface area contributed by atoms with Crippen molar-refractivity contribution in [1.82, 2.24) is 9.88 Å². The van der Waals surface area contributed by atoms with E-state index < -0.39 is 5.60 Å². The van der Waals surface area contributed by atoms with E-state index in [1.165, 1.54) is 6.07 Å². The third-order valence-electron chi connectivity index (χ3n) is 4.22. The molecule has 0 spiro atoms. The normalized spacial score (nSPS) is 18.9. The number of carbonyl (C=O) groups is 1. The van der Waals surface area contributed by atoms with Crippen LogP contribution in [0.3, 0.4) is 0 Å². The molecule has 1 unspecified atom stereocenters. The average molecular weight is 353 g/mol. The largest absolute Gasteiger partial charge is 0.444 e. The molecule has 130 valence electrons. The Morgan fingerprint density at radius 3 is 2.83 bits per heavy atom. The molecule has 2 aromatic rings. The second-order valence-electron chi connectivity index (χ2n) is 7.31. The van der Waals surface area contributed by atoms with Gasteiger partial charge in [0.25, 0.3) is 0 Å². The summed E-state index contributed by atoms with van der Waals surface area (Å²) in [5.41, 5.74) is 1.01. The Balaban J connectivity index is 1.81. The van der Waals surface area contributed by atoms with Crippen LogP contribution in [0, 0.1) is 5.82 Å². The summed E-state index contributed by atoms with van der Waals surface area (Å²) in [5, 5.41) is 0.990. The van der Waals surface area contributed by atoms with Crippen molar-refractivity contribution in [2.45, 2.75) is 45.1 Å². The highest BCUT2D eigenvalue weighted by molar-refractivity contribution is 6.35. The molecule has 1 aromatic carbocycles. The van der Waals surface area contributed by atoms with Gasteiger partial charge in [0.05, 0.1) is 10.5 Å². The monoisotopic (exact) mass is 352 g/mol. The molecule has 0 bridgehead atoms. The van der Waals surface area contributed by atoms with Gasteiger partial charge in [-0.3, -0.25) is 0 Å². The summed E-state index contributed by atoms with van der Waals surface area (Å²) in [6, 6.07) is 4.73. The van der Waals surface area contributed by atoms with E-state index >= 15 is 0 Å². The number of hydrogen-bond donors (Lipinski definition) is 1. The van der Waals surface area contributed by atoms with Crippen LogP contribution in [0.4, 0.5) is 9.18 Å². The van der Waals surface area contributed by atoms with Crippen LogP contribution >= 0.6 is 11.6 Å². The van der Waals surface area contributed by atoms with E-state index in [0.29, 0.717) is 29.0 Å². The molecule has 1 aliphatic heterocycles. The molecule has 4 nitrogen and oxygen atoms in total. The van der Waals surface area contributed by atoms with Gasteiger partial charge in [0, 0.05) is 30.1 Å². The van der Waals surface area contributed by atoms with E-state index in [9.17, 15) is 9.18 Å². The molecule has 1 amide bonds. The molecule has 1 aromatic heterocycles. The van der Waals surface area contributed by atoms with Crippen molar-refractivity contribution in [2.24, 2.45) is 0 Å². The van der Waals surface area contributed by atoms with E-state index in [4.69, 9.17) is 16.3 Å². The van der Waals surface area contributed by atoms with Crippen LogP contribution in [0.1, 0.15) is 45.2 Å². The minimum atomic E-state index is -0.512. The van der Waals surface area contributed by atoms with Crippen molar-refractivity contribution in [3.63, 3.8) is 0 Å². The molecule has 6 heteroatoms. The second kappa shape index (κ2) is 6.28. The zero-order valence-corrected chi connectivity index (χ0v) is 14.9. The number of likely N-dealkylation sites (tertiary alicyclic amines) is 1. The molecule has 1 atom stereocenters. The van der Waals surface area contributed by atoms with Gasteiger partial charge < -0.3 is 14.6 Å². The highest BCUT2D eigenvalue weighted by Crippen LogP contribution is 2.33. The van der Waals surface area contributed by atoms with Crippen LogP contribution < -0.4 is 0 Å². The summed E-state index contributed by atoms with van der Waals surface area (Å²) in [7, 11) is 0. The average Bonchev–Trinajstić information content (AvgIpc) is 2.96. The number of fused-ring (bicyclic) bond motifs is 1. The minimum Gasteiger partial charge on any atom is -0.444 e. The van der Waals surface area contributed by atoms with Crippen molar-refractivity contribution < 1.29 is 13.9 Å². The zero-order chi connectivity index (χ0) is 17.5. The summed E-state index contributed by atoms with van der Waals surface area (Å²) in [6.45, 7) is 6.81. The van der Waals surface area contributed by atoms with Crippen LogP contribution in [0.25, 0.3) is 10.9 Å². The Morgan fingerprint density at radius 2 is 2.17 bits per heavy atom. The predicted octanol–water partition coefficient (Wildman–Crippen LogP) is 5.07. The fourth-order valence-corrected chi connectivity index (χ4v) is 3.33. The summed E-state index contributed by atoms with van der Waals surface area (Å²) in [6.07, 6.45) is 1.52. The fraction of sp³-hybridized carbons (Fsp3) is 0.500. The Bertz CT molecular complexity index is 727. The molecule has 1 N–H and O–H groups in total. The van der Waals surface area contributed by atoms with Crippen LogP contribution in [-0.2, 0) is 4.74 Å². The number of rotatable bonds is 1. The molecule has 1 aliphatic rings. The number of benzene rings is 1. The van der Waals surface area contributed by atoms with Gasteiger partial charge in [0.2, 0.25) is 0 Å². The van der Waals surface area contributed by atoms with Gasteiger partial charge in [-0.05, 0) is 51.8 Å². The number of nitrogens with zero attached hydrogens (tertiary/aromatic N) is 1. The van der Waals surface area contributed by atoms with Crippen LogP contribution in [0.15, 0.2) is 18.2 Å². The summed E-state index contributed by atoms with van der Waals surface area (Å²) in [4.78, 5) is 17.2. The highest BCUT2D eigenvalue weighted by Gasteiger charge is 2.29. The molecule has 2 heterocycles. The number of nitrogens with one attached hydrogen (secondary N) is 1. The minimum absolute atomic E-state index is 0.120. The van der Waals surface area contributed by atoms with Gasteiger partial charge in [-0.1, -0.05) is 11.6 Å². The zero-order valence-electron chi connectivity index (χ0n) is 14.2. The molecule has 3 rings (SSSR count). The van der Waals surface area contributed by atoms with Gasteiger partial charge in [0.15, 0.2) is 0 Å². The van der Waals surface area contributed by atoms with Crippen molar-refractivity contribution in [1.29, 1.82) is 0 Å². The van der Waals surface area contributed by atoms with Gasteiger partial charge in [-0.2, -0.15) is 0 Å². The van der Waals surface area contributed by atoms with Crippen LogP contribution in [0.2, 0.25) is 5.02 Å². The number of piperidine rings is 1. The number of aromatic nitrogens is 1. The number of hydrogen-bond acceptors (Lipinski definition) is 2. The van der Waals surface area contributed by atoms with Crippen molar-refractivity contribution in [3.8, 4) is 0 Å². The Morgan fingerprint density at radius 1 is 1.42 bits per heavy atom. The summed E-state index contributed by atoms with van der Waals surface area (Å²) < 4.78 is 19.4. The predicted molar refractivity (Wildman–Crippen MR) is 93.0 cm³/mol. The third kappa shape index (κ3) is 3.51. The summed E-state index contributed by atoms with van der Waals surface area (Å²) >= 11 is 6.15. The van der Waals surface area contributed by atoms with Gasteiger partial charge in [0.1, 0.15) is 11.4 Å². The molecule has 1 saturated heterocycles. The fourth-order valence-electron chi connectivity index (χ4n) is 3.11. The number of amides is 1. The lowest BCUT2D eigenvalue weighted by atomic mass is 9.95. The van der Waals surface area contributed by atoms with E-state index in [1.54, 1.807) is 17.0 Å². The SMILES string of the molecule is CC(C)(C)OC(=O)N1CCCC(c2cc3c(F)ccc(Cl)c3[nH]2)C1. The Kier molecular flexibility index (Phi) is 4.47. The molecule has 0 saturated carbocycles. The molecule has 1 fully saturated rings. The first-order valence-corrected chi connectivity index (χ1v) is 8.57. The first kappa shape index (κ1) is 17.1. The first-order valence-electron chi connectivity index (χ1n) is 8.19. The molecular formula is C18H22ClFN2O2. The van der Waals surface area contributed by atoms with Crippen molar-refractivity contribution in [3.05, 3.63) is 34.7 Å². The maximum Gasteiger partial charge on any atom is 0.410 e. The standard InChI is InChI=1S/C18H22ClFN2O2/c1-18(2,3)24-17(23)22-8-4-5-11(10-22)15-9-12-14(20)7-6-13(19)16(12)21-15/h6-7,9,11,21H,4-5,8,10H2,1-3H3. The van der Waals surface area contributed by atoms with E-state index in [0.717, 1.165) is 18.5 Å². The molecular weight excluding hydrogens is 331 g/mol.